The third-order valence-corrected chi connectivity index (χ3v) is 2.47. The zero-order chi connectivity index (χ0) is 12.3. The van der Waals surface area contributed by atoms with Gasteiger partial charge in [-0.25, -0.2) is 0 Å². The van der Waals surface area contributed by atoms with Gasteiger partial charge >= 0.3 is 5.97 Å². The molecular weight excluding hydrogens is 208 g/mol. The van der Waals surface area contributed by atoms with Crippen LogP contribution >= 0.6 is 0 Å². The summed E-state index contributed by atoms with van der Waals surface area (Å²) >= 11 is 0. The van der Waals surface area contributed by atoms with Gasteiger partial charge in [0.05, 0.1) is 12.3 Å². The number of nitrogens with zero attached hydrogens (tertiary/aromatic N) is 2. The highest BCUT2D eigenvalue weighted by Crippen LogP contribution is 2.28. The minimum atomic E-state index is -0.844. The van der Waals surface area contributed by atoms with E-state index in [4.69, 9.17) is 9.52 Å². The van der Waals surface area contributed by atoms with Crippen LogP contribution in [0.1, 0.15) is 57.7 Å². The monoisotopic (exact) mass is 226 g/mol. The summed E-state index contributed by atoms with van der Waals surface area (Å²) in [7, 11) is 0. The summed E-state index contributed by atoms with van der Waals surface area (Å²) in [6, 6.07) is 0. The Morgan fingerprint density at radius 2 is 1.81 bits per heavy atom. The number of carboxylic acid groups (broad SMARTS) is 1. The highest BCUT2D eigenvalue weighted by molar-refractivity contribution is 5.67. The first-order valence-electron chi connectivity index (χ1n) is 5.47. The molecule has 0 saturated heterocycles. The molecule has 0 aromatic carbocycles. The minimum absolute atomic E-state index is 0.0252. The standard InChI is InChI=1S/C11H18N2O3/c1-6(2)8(5-9(14)15)11-13-12-10(16-11)7(3)4/h6-8H,5H2,1-4H3,(H,14,15). The summed E-state index contributed by atoms with van der Waals surface area (Å²) in [5.41, 5.74) is 0. The molecule has 0 saturated carbocycles. The summed E-state index contributed by atoms with van der Waals surface area (Å²) in [5.74, 6) is 0.267. The summed E-state index contributed by atoms with van der Waals surface area (Å²) < 4.78 is 5.48. The molecule has 1 unspecified atom stereocenters. The van der Waals surface area contributed by atoms with E-state index in [1.807, 2.05) is 27.7 Å². The SMILES string of the molecule is CC(C)c1nnc(C(CC(=O)O)C(C)C)o1. The number of hydrogen-bond donors (Lipinski definition) is 1. The van der Waals surface area contributed by atoms with Crippen LogP contribution in [-0.2, 0) is 4.79 Å². The van der Waals surface area contributed by atoms with Crippen LogP contribution in [0.25, 0.3) is 0 Å². The minimum Gasteiger partial charge on any atom is -0.481 e. The highest BCUT2D eigenvalue weighted by atomic mass is 16.4. The number of rotatable bonds is 5. The zero-order valence-electron chi connectivity index (χ0n) is 10.1. The van der Waals surface area contributed by atoms with Gasteiger partial charge in [0.25, 0.3) is 0 Å². The van der Waals surface area contributed by atoms with Crippen LogP contribution in [0.15, 0.2) is 4.42 Å². The van der Waals surface area contributed by atoms with Gasteiger partial charge in [0.2, 0.25) is 11.8 Å². The van der Waals surface area contributed by atoms with E-state index in [0.717, 1.165) is 0 Å². The lowest BCUT2D eigenvalue weighted by molar-refractivity contribution is -0.137. The van der Waals surface area contributed by atoms with Gasteiger partial charge in [0.15, 0.2) is 0 Å². The molecule has 1 rings (SSSR count). The Hall–Kier alpha value is -1.39. The molecule has 0 aliphatic rings. The molecule has 16 heavy (non-hydrogen) atoms. The van der Waals surface area contributed by atoms with E-state index in [1.165, 1.54) is 0 Å². The smallest absolute Gasteiger partial charge is 0.304 e. The first kappa shape index (κ1) is 12.7. The molecule has 0 spiro atoms. The van der Waals surface area contributed by atoms with Gasteiger partial charge in [-0.2, -0.15) is 0 Å². The van der Waals surface area contributed by atoms with Crippen molar-refractivity contribution in [2.45, 2.75) is 46.0 Å². The molecule has 0 aliphatic carbocycles. The van der Waals surface area contributed by atoms with Gasteiger partial charge < -0.3 is 9.52 Å². The summed E-state index contributed by atoms with van der Waals surface area (Å²) in [6.07, 6.45) is 0.0252. The lowest BCUT2D eigenvalue weighted by Crippen LogP contribution is -2.12. The molecule has 0 fully saturated rings. The van der Waals surface area contributed by atoms with E-state index >= 15 is 0 Å². The molecule has 1 aromatic heterocycles. The predicted octanol–water partition coefficient (Wildman–Crippen LogP) is 2.41. The van der Waals surface area contributed by atoms with E-state index in [0.29, 0.717) is 11.8 Å². The maximum Gasteiger partial charge on any atom is 0.304 e. The number of hydrogen-bond acceptors (Lipinski definition) is 4. The van der Waals surface area contributed by atoms with Crippen molar-refractivity contribution in [3.63, 3.8) is 0 Å². The lowest BCUT2D eigenvalue weighted by Gasteiger charge is -2.14. The number of aliphatic carboxylic acids is 1. The second kappa shape index (κ2) is 5.09. The molecule has 0 aliphatic heterocycles. The van der Waals surface area contributed by atoms with E-state index in [2.05, 4.69) is 10.2 Å². The van der Waals surface area contributed by atoms with Crippen molar-refractivity contribution >= 4 is 5.97 Å². The summed E-state index contributed by atoms with van der Waals surface area (Å²) in [5, 5.41) is 16.7. The molecule has 0 radical (unpaired) electrons. The summed E-state index contributed by atoms with van der Waals surface area (Å²) in [6.45, 7) is 7.82. The molecule has 1 N–H and O–H groups in total. The molecule has 0 amide bonds. The van der Waals surface area contributed by atoms with Crippen LogP contribution in [0.5, 0.6) is 0 Å². The van der Waals surface area contributed by atoms with Crippen molar-refractivity contribution in [3.8, 4) is 0 Å². The van der Waals surface area contributed by atoms with Crippen molar-refractivity contribution in [3.05, 3.63) is 11.8 Å². The molecule has 1 aromatic rings. The third kappa shape index (κ3) is 3.05. The molecule has 5 heteroatoms. The van der Waals surface area contributed by atoms with Gasteiger partial charge in [-0.1, -0.05) is 27.7 Å². The van der Waals surface area contributed by atoms with Crippen molar-refractivity contribution in [2.75, 3.05) is 0 Å². The Kier molecular flexibility index (Phi) is 4.04. The lowest BCUT2D eigenvalue weighted by atomic mass is 9.92. The maximum absolute atomic E-state index is 10.7. The topological polar surface area (TPSA) is 76.2 Å². The largest absolute Gasteiger partial charge is 0.481 e. The van der Waals surface area contributed by atoms with Crippen LogP contribution in [0.4, 0.5) is 0 Å². The molecule has 0 bridgehead atoms. The summed E-state index contributed by atoms with van der Waals surface area (Å²) in [4.78, 5) is 10.7. The first-order chi connectivity index (χ1) is 7.41. The van der Waals surface area contributed by atoms with E-state index in [1.54, 1.807) is 0 Å². The fourth-order valence-corrected chi connectivity index (χ4v) is 1.43. The fraction of sp³-hybridized carbons (Fsp3) is 0.727. The number of aromatic nitrogens is 2. The van der Waals surface area contributed by atoms with E-state index < -0.39 is 5.97 Å². The molecule has 1 atom stereocenters. The zero-order valence-corrected chi connectivity index (χ0v) is 10.1. The highest BCUT2D eigenvalue weighted by Gasteiger charge is 2.25. The Balaban J connectivity index is 2.88. The van der Waals surface area contributed by atoms with Crippen molar-refractivity contribution in [1.82, 2.24) is 10.2 Å². The quantitative estimate of drug-likeness (QED) is 0.834. The van der Waals surface area contributed by atoms with Gasteiger partial charge in [0.1, 0.15) is 0 Å². The first-order valence-corrected chi connectivity index (χ1v) is 5.47. The Bertz CT molecular complexity index is 358. The molecule has 5 nitrogen and oxygen atoms in total. The Labute approximate surface area is 94.9 Å². The fourth-order valence-electron chi connectivity index (χ4n) is 1.43. The normalized spacial score (nSPS) is 13.4. The van der Waals surface area contributed by atoms with Crippen LogP contribution in [-0.4, -0.2) is 21.3 Å². The maximum atomic E-state index is 10.7. The van der Waals surface area contributed by atoms with Crippen molar-refractivity contribution in [2.24, 2.45) is 5.92 Å². The molecule has 1 heterocycles. The van der Waals surface area contributed by atoms with Crippen LogP contribution in [0.2, 0.25) is 0 Å². The van der Waals surface area contributed by atoms with Crippen LogP contribution < -0.4 is 0 Å². The van der Waals surface area contributed by atoms with Gasteiger partial charge in [-0.3, -0.25) is 4.79 Å². The number of carbonyl (C=O) groups is 1. The van der Waals surface area contributed by atoms with Crippen molar-refractivity contribution in [1.29, 1.82) is 0 Å². The van der Waals surface area contributed by atoms with Crippen molar-refractivity contribution < 1.29 is 14.3 Å². The third-order valence-electron chi connectivity index (χ3n) is 2.47. The molecular formula is C11H18N2O3. The van der Waals surface area contributed by atoms with Gasteiger partial charge in [-0.05, 0) is 5.92 Å². The van der Waals surface area contributed by atoms with Gasteiger partial charge in [0, 0.05) is 5.92 Å². The second-order valence-corrected chi connectivity index (χ2v) is 4.58. The average molecular weight is 226 g/mol. The second-order valence-electron chi connectivity index (χ2n) is 4.58. The van der Waals surface area contributed by atoms with Crippen LogP contribution in [0, 0.1) is 5.92 Å². The predicted molar refractivity (Wildman–Crippen MR) is 58.2 cm³/mol. The Morgan fingerprint density at radius 1 is 1.25 bits per heavy atom. The Morgan fingerprint density at radius 3 is 2.19 bits per heavy atom. The van der Waals surface area contributed by atoms with Crippen LogP contribution in [0.3, 0.4) is 0 Å². The molecule has 90 valence electrons. The average Bonchev–Trinajstić information content (AvgIpc) is 2.61. The number of carboxylic acids is 1. The van der Waals surface area contributed by atoms with Gasteiger partial charge in [-0.15, -0.1) is 10.2 Å². The van der Waals surface area contributed by atoms with E-state index in [-0.39, 0.29) is 24.2 Å². The van der Waals surface area contributed by atoms with E-state index in [9.17, 15) is 4.79 Å².